The Hall–Kier alpha value is -2.46. The van der Waals surface area contributed by atoms with Gasteiger partial charge in [0, 0.05) is 6.92 Å². The fourth-order valence-electron chi connectivity index (χ4n) is 2.73. The molecule has 2 atom stereocenters. The molecule has 0 radical (unpaired) electrons. The molecule has 0 aliphatic carbocycles. The van der Waals surface area contributed by atoms with Gasteiger partial charge in [0.15, 0.2) is 11.2 Å². The van der Waals surface area contributed by atoms with Crippen LogP contribution in [0.5, 0.6) is 0 Å². The zero-order chi connectivity index (χ0) is 25.2. The van der Waals surface area contributed by atoms with Crippen LogP contribution in [-0.4, -0.2) is 52.9 Å². The number of hydrogen-bond donors (Lipinski definition) is 2. The molecule has 2 amide bonds. The van der Waals surface area contributed by atoms with Crippen molar-refractivity contribution in [3.05, 3.63) is 35.6 Å². The van der Waals surface area contributed by atoms with E-state index >= 15 is 0 Å². The SMILES string of the molecule is CCOC(=O)C(COCc1ccc(F)cc1)NC(=O)C(C)(C)NC(=O)[C@@H](SC(C)=O)C(C)C. The predicted molar refractivity (Wildman–Crippen MR) is 124 cm³/mol. The lowest BCUT2D eigenvalue weighted by Crippen LogP contribution is -2.60. The normalized spacial score (nSPS) is 13.2. The van der Waals surface area contributed by atoms with Crippen molar-refractivity contribution in [2.24, 2.45) is 5.92 Å². The summed E-state index contributed by atoms with van der Waals surface area (Å²) < 4.78 is 23.6. The molecule has 1 aromatic carbocycles. The number of esters is 1. The summed E-state index contributed by atoms with van der Waals surface area (Å²) in [6.45, 7) is 9.66. The summed E-state index contributed by atoms with van der Waals surface area (Å²) >= 11 is 0.903. The smallest absolute Gasteiger partial charge is 0.331 e. The number of carbonyl (C=O) groups excluding carboxylic acids is 4. The van der Waals surface area contributed by atoms with E-state index in [4.69, 9.17) is 9.47 Å². The minimum absolute atomic E-state index is 0.102. The van der Waals surface area contributed by atoms with Gasteiger partial charge < -0.3 is 20.1 Å². The van der Waals surface area contributed by atoms with Gasteiger partial charge in [0.2, 0.25) is 11.8 Å². The van der Waals surface area contributed by atoms with Gasteiger partial charge in [-0.25, -0.2) is 9.18 Å². The number of amides is 2. The van der Waals surface area contributed by atoms with Gasteiger partial charge >= 0.3 is 5.97 Å². The second-order valence-electron chi connectivity index (χ2n) is 8.31. The molecule has 2 N–H and O–H groups in total. The molecule has 8 nitrogen and oxygen atoms in total. The van der Waals surface area contributed by atoms with E-state index in [2.05, 4.69) is 10.6 Å². The first-order valence-corrected chi connectivity index (χ1v) is 11.5. The molecule has 0 spiro atoms. The predicted octanol–water partition coefficient (Wildman–Crippen LogP) is 2.59. The van der Waals surface area contributed by atoms with Crippen molar-refractivity contribution in [2.45, 2.75) is 65.0 Å². The number of benzene rings is 1. The maximum Gasteiger partial charge on any atom is 0.331 e. The van der Waals surface area contributed by atoms with Crippen LogP contribution in [0.1, 0.15) is 47.1 Å². The molecule has 0 heterocycles. The van der Waals surface area contributed by atoms with Crippen molar-refractivity contribution in [1.29, 1.82) is 0 Å². The quantitative estimate of drug-likeness (QED) is 0.439. The zero-order valence-electron chi connectivity index (χ0n) is 19.9. The molecule has 33 heavy (non-hydrogen) atoms. The maximum atomic E-state index is 13.0. The largest absolute Gasteiger partial charge is 0.464 e. The molecular formula is C23H33FN2O6S. The number of hydrogen-bond acceptors (Lipinski definition) is 7. The van der Waals surface area contributed by atoms with Crippen LogP contribution >= 0.6 is 11.8 Å². The van der Waals surface area contributed by atoms with E-state index in [-0.39, 0.29) is 36.7 Å². The highest BCUT2D eigenvalue weighted by Gasteiger charge is 2.36. The molecule has 184 valence electrons. The summed E-state index contributed by atoms with van der Waals surface area (Å²) in [6, 6.07) is 4.58. The fraction of sp³-hybridized carbons (Fsp3) is 0.565. The Balaban J connectivity index is 2.82. The van der Waals surface area contributed by atoms with E-state index in [1.807, 2.05) is 13.8 Å². The molecule has 0 saturated carbocycles. The van der Waals surface area contributed by atoms with Crippen LogP contribution in [0.25, 0.3) is 0 Å². The number of ether oxygens (including phenoxy) is 2. The summed E-state index contributed by atoms with van der Waals surface area (Å²) in [4.78, 5) is 49.4. The zero-order valence-corrected chi connectivity index (χ0v) is 20.7. The summed E-state index contributed by atoms with van der Waals surface area (Å²) in [5.41, 5.74) is -0.677. The number of rotatable bonds is 12. The van der Waals surface area contributed by atoms with Crippen LogP contribution in [0.4, 0.5) is 4.39 Å². The third-order valence-corrected chi connectivity index (χ3v) is 5.85. The Kier molecular flexibility index (Phi) is 11.5. The molecular weight excluding hydrogens is 451 g/mol. The Labute approximate surface area is 198 Å². The number of halogens is 1. The second kappa shape index (κ2) is 13.3. The second-order valence-corrected chi connectivity index (χ2v) is 9.63. The Morgan fingerprint density at radius 1 is 1.12 bits per heavy atom. The molecule has 0 bridgehead atoms. The lowest BCUT2D eigenvalue weighted by molar-refractivity contribution is -0.150. The highest BCUT2D eigenvalue weighted by Crippen LogP contribution is 2.21. The molecule has 1 rings (SSSR count). The monoisotopic (exact) mass is 484 g/mol. The topological polar surface area (TPSA) is 111 Å². The molecule has 0 fully saturated rings. The van der Waals surface area contributed by atoms with Crippen molar-refractivity contribution in [2.75, 3.05) is 13.2 Å². The lowest BCUT2D eigenvalue weighted by atomic mass is 10.0. The molecule has 10 heteroatoms. The van der Waals surface area contributed by atoms with E-state index in [9.17, 15) is 23.6 Å². The molecule has 0 aliphatic rings. The average Bonchev–Trinajstić information content (AvgIpc) is 2.71. The summed E-state index contributed by atoms with van der Waals surface area (Å²) in [5, 5.41) is 4.36. The third-order valence-electron chi connectivity index (χ3n) is 4.50. The van der Waals surface area contributed by atoms with Crippen LogP contribution in [0.15, 0.2) is 24.3 Å². The van der Waals surface area contributed by atoms with Crippen LogP contribution in [-0.2, 0) is 35.3 Å². The number of nitrogens with one attached hydrogen (secondary N) is 2. The van der Waals surface area contributed by atoms with Crippen LogP contribution < -0.4 is 10.6 Å². The Morgan fingerprint density at radius 3 is 2.24 bits per heavy atom. The van der Waals surface area contributed by atoms with Crippen molar-refractivity contribution >= 4 is 34.7 Å². The van der Waals surface area contributed by atoms with Gasteiger partial charge in [0.25, 0.3) is 0 Å². The van der Waals surface area contributed by atoms with Gasteiger partial charge in [0.1, 0.15) is 11.4 Å². The molecule has 0 saturated heterocycles. The number of thioether (sulfide) groups is 1. The van der Waals surface area contributed by atoms with Gasteiger partial charge in [-0.2, -0.15) is 0 Å². The highest BCUT2D eigenvalue weighted by molar-refractivity contribution is 8.14. The van der Waals surface area contributed by atoms with E-state index in [0.717, 1.165) is 11.8 Å². The Morgan fingerprint density at radius 2 is 1.73 bits per heavy atom. The summed E-state index contributed by atoms with van der Waals surface area (Å²) in [7, 11) is 0. The van der Waals surface area contributed by atoms with E-state index in [1.54, 1.807) is 19.1 Å². The third kappa shape index (κ3) is 9.91. The first-order chi connectivity index (χ1) is 15.4. The fourth-order valence-corrected chi connectivity index (χ4v) is 3.53. The minimum Gasteiger partial charge on any atom is -0.464 e. The van der Waals surface area contributed by atoms with Crippen molar-refractivity contribution in [3.8, 4) is 0 Å². The minimum atomic E-state index is -1.37. The van der Waals surface area contributed by atoms with Gasteiger partial charge in [-0.15, -0.1) is 0 Å². The van der Waals surface area contributed by atoms with Gasteiger partial charge in [0.05, 0.1) is 25.1 Å². The Bertz CT molecular complexity index is 829. The van der Waals surface area contributed by atoms with E-state index in [1.165, 1.54) is 32.9 Å². The molecule has 1 aromatic rings. The maximum absolute atomic E-state index is 13.0. The highest BCUT2D eigenvalue weighted by atomic mass is 32.2. The first-order valence-electron chi connectivity index (χ1n) is 10.7. The number of carbonyl (C=O) groups is 4. The van der Waals surface area contributed by atoms with Crippen LogP contribution in [0, 0.1) is 11.7 Å². The summed E-state index contributed by atoms with van der Waals surface area (Å²) in [6.07, 6.45) is 0. The standard InChI is InChI=1S/C23H33FN2O6S/c1-7-32-21(29)18(13-31-12-16-8-10-17(24)11-9-16)25-22(30)23(5,6)26-20(28)19(14(2)3)33-15(4)27/h8-11,14,18-19H,7,12-13H2,1-6H3,(H,25,30)(H,26,28)/t18?,19-/m0/s1. The van der Waals surface area contributed by atoms with Gasteiger partial charge in [-0.3, -0.25) is 14.4 Å². The van der Waals surface area contributed by atoms with Gasteiger partial charge in [-0.1, -0.05) is 37.7 Å². The van der Waals surface area contributed by atoms with E-state index in [0.29, 0.717) is 5.56 Å². The van der Waals surface area contributed by atoms with Crippen molar-refractivity contribution in [3.63, 3.8) is 0 Å². The van der Waals surface area contributed by atoms with Crippen molar-refractivity contribution in [1.82, 2.24) is 10.6 Å². The first kappa shape index (κ1) is 28.6. The van der Waals surface area contributed by atoms with E-state index < -0.39 is 34.6 Å². The average molecular weight is 485 g/mol. The van der Waals surface area contributed by atoms with Crippen LogP contribution in [0.3, 0.4) is 0 Å². The molecule has 1 unspecified atom stereocenters. The lowest BCUT2D eigenvalue weighted by Gasteiger charge is -2.30. The van der Waals surface area contributed by atoms with Gasteiger partial charge in [-0.05, 0) is 44.4 Å². The summed E-state index contributed by atoms with van der Waals surface area (Å²) in [5.74, 6) is -2.26. The van der Waals surface area contributed by atoms with Crippen LogP contribution in [0.2, 0.25) is 0 Å². The molecule has 0 aromatic heterocycles. The van der Waals surface area contributed by atoms with Crippen molar-refractivity contribution < 1.29 is 33.0 Å². The molecule has 0 aliphatic heterocycles.